The molecule has 3 rings (SSSR count). The minimum absolute atomic E-state index is 0.622. The molecule has 2 aromatic heterocycles. The van der Waals surface area contributed by atoms with Crippen molar-refractivity contribution in [3.63, 3.8) is 0 Å². The molecule has 1 saturated carbocycles. The molecule has 2 aromatic rings. The lowest BCUT2D eigenvalue weighted by Crippen LogP contribution is -2.36. The highest BCUT2D eigenvalue weighted by Gasteiger charge is 2.26. The molecule has 0 spiro atoms. The molecule has 0 aliphatic heterocycles. The Hall–Kier alpha value is -1.82. The maximum absolute atomic E-state index is 5.27. The van der Waals surface area contributed by atoms with Crippen LogP contribution < -0.4 is 10.6 Å². The molecule has 0 radical (unpaired) electrons. The van der Waals surface area contributed by atoms with Gasteiger partial charge in [0.1, 0.15) is 5.76 Å². The molecule has 0 unspecified atom stereocenters. The molecule has 20 heavy (non-hydrogen) atoms. The van der Waals surface area contributed by atoms with Gasteiger partial charge in [-0.05, 0) is 25.0 Å². The predicted octanol–water partition coefficient (Wildman–Crippen LogP) is 2.48. The smallest absolute Gasteiger partial charge is 0.191 e. The van der Waals surface area contributed by atoms with Crippen molar-refractivity contribution in [2.75, 3.05) is 7.05 Å². The van der Waals surface area contributed by atoms with Crippen LogP contribution in [0.2, 0.25) is 0 Å². The molecule has 2 N–H and O–H groups in total. The standard InChI is InChI=1S/C14H18N4OS/c1-15-14(17-8-12-3-2-6-19-12)16-7-11-9-20-13(18-11)10-4-5-10/h2-3,6,9-10H,4-5,7-8H2,1H3,(H2,15,16,17). The number of aliphatic imine (C=N–C) groups is 1. The third-order valence-electron chi connectivity index (χ3n) is 3.17. The van der Waals surface area contributed by atoms with E-state index >= 15 is 0 Å². The van der Waals surface area contributed by atoms with Gasteiger partial charge >= 0.3 is 0 Å². The number of hydrogen-bond donors (Lipinski definition) is 2. The molecular weight excluding hydrogens is 272 g/mol. The number of thiazole rings is 1. The van der Waals surface area contributed by atoms with E-state index in [2.05, 4.69) is 26.0 Å². The largest absolute Gasteiger partial charge is 0.467 e. The first-order valence-corrected chi connectivity index (χ1v) is 7.64. The van der Waals surface area contributed by atoms with E-state index in [4.69, 9.17) is 4.42 Å². The fourth-order valence-electron chi connectivity index (χ4n) is 1.90. The van der Waals surface area contributed by atoms with Crippen LogP contribution in [-0.2, 0) is 13.1 Å². The highest BCUT2D eigenvalue weighted by molar-refractivity contribution is 7.09. The van der Waals surface area contributed by atoms with E-state index in [1.807, 2.05) is 12.1 Å². The Morgan fingerprint density at radius 1 is 1.45 bits per heavy atom. The minimum Gasteiger partial charge on any atom is -0.467 e. The summed E-state index contributed by atoms with van der Waals surface area (Å²) < 4.78 is 5.27. The predicted molar refractivity (Wildman–Crippen MR) is 79.8 cm³/mol. The number of furan rings is 1. The van der Waals surface area contributed by atoms with Crippen LogP contribution in [0.15, 0.2) is 33.2 Å². The second-order valence-corrected chi connectivity index (χ2v) is 5.70. The highest BCUT2D eigenvalue weighted by atomic mass is 32.1. The summed E-state index contributed by atoms with van der Waals surface area (Å²) >= 11 is 1.76. The van der Waals surface area contributed by atoms with Gasteiger partial charge in [-0.25, -0.2) is 4.98 Å². The Morgan fingerprint density at radius 2 is 2.30 bits per heavy atom. The number of hydrogen-bond acceptors (Lipinski definition) is 4. The van der Waals surface area contributed by atoms with Gasteiger partial charge in [-0.1, -0.05) is 0 Å². The fourth-order valence-corrected chi connectivity index (χ4v) is 2.89. The molecule has 5 nitrogen and oxygen atoms in total. The molecule has 0 saturated heterocycles. The number of nitrogens with zero attached hydrogens (tertiary/aromatic N) is 2. The molecule has 0 amide bonds. The second kappa shape index (κ2) is 6.09. The van der Waals surface area contributed by atoms with Crippen LogP contribution in [0.5, 0.6) is 0 Å². The van der Waals surface area contributed by atoms with E-state index in [-0.39, 0.29) is 0 Å². The summed E-state index contributed by atoms with van der Waals surface area (Å²) in [7, 11) is 1.76. The summed E-state index contributed by atoms with van der Waals surface area (Å²) in [5.41, 5.74) is 1.08. The Bertz CT molecular complexity index is 572. The van der Waals surface area contributed by atoms with E-state index < -0.39 is 0 Å². The zero-order chi connectivity index (χ0) is 13.8. The van der Waals surface area contributed by atoms with Crippen molar-refractivity contribution in [1.82, 2.24) is 15.6 Å². The van der Waals surface area contributed by atoms with E-state index in [1.165, 1.54) is 17.8 Å². The molecule has 0 atom stereocenters. The van der Waals surface area contributed by atoms with Crippen molar-refractivity contribution >= 4 is 17.3 Å². The summed E-state index contributed by atoms with van der Waals surface area (Å²) in [4.78, 5) is 8.83. The van der Waals surface area contributed by atoms with Gasteiger partial charge in [-0.15, -0.1) is 11.3 Å². The number of aromatic nitrogens is 1. The van der Waals surface area contributed by atoms with Gasteiger partial charge in [0.15, 0.2) is 5.96 Å². The molecule has 1 aliphatic carbocycles. The first-order chi connectivity index (χ1) is 9.85. The number of rotatable bonds is 5. The van der Waals surface area contributed by atoms with E-state index in [9.17, 15) is 0 Å². The Morgan fingerprint density at radius 3 is 3.00 bits per heavy atom. The highest BCUT2D eigenvalue weighted by Crippen LogP contribution is 2.41. The van der Waals surface area contributed by atoms with Crippen LogP contribution in [-0.4, -0.2) is 18.0 Å². The second-order valence-electron chi connectivity index (χ2n) is 4.81. The lowest BCUT2D eigenvalue weighted by molar-refractivity contribution is 0.501. The van der Waals surface area contributed by atoms with Crippen molar-refractivity contribution in [2.45, 2.75) is 31.8 Å². The average Bonchev–Trinajstić information content (AvgIpc) is 3.01. The summed E-state index contributed by atoms with van der Waals surface area (Å²) in [5.74, 6) is 2.37. The molecule has 106 valence electrons. The van der Waals surface area contributed by atoms with Gasteiger partial charge in [-0.3, -0.25) is 4.99 Å². The summed E-state index contributed by atoms with van der Waals surface area (Å²) in [6.45, 7) is 1.32. The van der Waals surface area contributed by atoms with E-state index in [1.54, 1.807) is 24.6 Å². The van der Waals surface area contributed by atoms with Crippen molar-refractivity contribution in [3.8, 4) is 0 Å². The van der Waals surface area contributed by atoms with Gasteiger partial charge in [0.05, 0.1) is 30.1 Å². The molecule has 1 fully saturated rings. The summed E-state index contributed by atoms with van der Waals surface area (Å²) in [5, 5.41) is 9.87. The number of guanidine groups is 1. The summed E-state index contributed by atoms with van der Waals surface area (Å²) in [6, 6.07) is 3.81. The minimum atomic E-state index is 0.622. The van der Waals surface area contributed by atoms with Gasteiger partial charge in [0.2, 0.25) is 0 Å². The van der Waals surface area contributed by atoms with Crippen LogP contribution in [0.4, 0.5) is 0 Å². The van der Waals surface area contributed by atoms with Crippen molar-refractivity contribution in [3.05, 3.63) is 40.2 Å². The van der Waals surface area contributed by atoms with Crippen LogP contribution in [0.3, 0.4) is 0 Å². The Kier molecular flexibility index (Phi) is 4.01. The van der Waals surface area contributed by atoms with Gasteiger partial charge in [-0.2, -0.15) is 0 Å². The van der Waals surface area contributed by atoms with E-state index in [0.717, 1.165) is 23.3 Å². The van der Waals surface area contributed by atoms with Crippen LogP contribution in [0, 0.1) is 0 Å². The Labute approximate surface area is 122 Å². The van der Waals surface area contributed by atoms with Crippen LogP contribution in [0.25, 0.3) is 0 Å². The first kappa shape index (κ1) is 13.2. The monoisotopic (exact) mass is 290 g/mol. The quantitative estimate of drug-likeness (QED) is 0.656. The fraction of sp³-hybridized carbons (Fsp3) is 0.429. The Balaban J connectivity index is 1.47. The molecule has 0 aromatic carbocycles. The van der Waals surface area contributed by atoms with E-state index in [0.29, 0.717) is 13.1 Å². The van der Waals surface area contributed by atoms with Gasteiger partial charge in [0, 0.05) is 18.3 Å². The van der Waals surface area contributed by atoms with Gasteiger partial charge < -0.3 is 15.1 Å². The molecule has 2 heterocycles. The summed E-state index contributed by atoms with van der Waals surface area (Å²) in [6.07, 6.45) is 4.27. The van der Waals surface area contributed by atoms with Crippen molar-refractivity contribution in [2.24, 2.45) is 4.99 Å². The maximum atomic E-state index is 5.27. The lowest BCUT2D eigenvalue weighted by Gasteiger charge is -2.09. The molecule has 0 bridgehead atoms. The topological polar surface area (TPSA) is 62.5 Å². The van der Waals surface area contributed by atoms with Crippen molar-refractivity contribution < 1.29 is 4.42 Å². The molecule has 1 aliphatic rings. The third kappa shape index (κ3) is 3.39. The zero-order valence-corrected chi connectivity index (χ0v) is 12.2. The maximum Gasteiger partial charge on any atom is 0.191 e. The zero-order valence-electron chi connectivity index (χ0n) is 11.4. The van der Waals surface area contributed by atoms with Crippen molar-refractivity contribution in [1.29, 1.82) is 0 Å². The number of nitrogens with one attached hydrogen (secondary N) is 2. The van der Waals surface area contributed by atoms with Crippen LogP contribution >= 0.6 is 11.3 Å². The van der Waals surface area contributed by atoms with Crippen LogP contribution in [0.1, 0.15) is 35.2 Å². The lowest BCUT2D eigenvalue weighted by atomic mass is 10.4. The molecular formula is C14H18N4OS. The third-order valence-corrected chi connectivity index (χ3v) is 4.22. The normalized spacial score (nSPS) is 15.3. The average molecular weight is 290 g/mol. The first-order valence-electron chi connectivity index (χ1n) is 6.76. The molecule has 6 heteroatoms. The van der Waals surface area contributed by atoms with Gasteiger partial charge in [0.25, 0.3) is 0 Å². The SMILES string of the molecule is CN=C(NCc1csc(C2CC2)n1)NCc1ccco1.